The highest BCUT2D eigenvalue weighted by Gasteiger charge is 2.22. The van der Waals surface area contributed by atoms with E-state index in [0.717, 1.165) is 25.9 Å². The Hall–Kier alpha value is -2.14. The largest absolute Gasteiger partial charge is 0.478 e. The molecule has 0 radical (unpaired) electrons. The third kappa shape index (κ3) is 2.69. The van der Waals surface area contributed by atoms with E-state index in [1.807, 2.05) is 18.2 Å². The van der Waals surface area contributed by atoms with Gasteiger partial charge in [-0.15, -0.1) is 0 Å². The van der Waals surface area contributed by atoms with E-state index < -0.39 is 5.97 Å². The number of para-hydroxylation sites is 1. The minimum Gasteiger partial charge on any atom is -0.478 e. The maximum absolute atomic E-state index is 11.5. The van der Waals surface area contributed by atoms with Crippen LogP contribution >= 0.6 is 0 Å². The van der Waals surface area contributed by atoms with Gasteiger partial charge in [-0.05, 0) is 30.9 Å². The molecule has 0 aliphatic carbocycles. The van der Waals surface area contributed by atoms with Crippen molar-refractivity contribution >= 4 is 22.7 Å². The molecule has 0 saturated carbocycles. The van der Waals surface area contributed by atoms with Gasteiger partial charge in [0.2, 0.25) is 0 Å². The number of nitrogens with zero attached hydrogens (tertiary/aromatic N) is 2. The molecule has 2 aromatic rings. The van der Waals surface area contributed by atoms with Crippen molar-refractivity contribution in [1.29, 1.82) is 0 Å². The molecule has 0 amide bonds. The quantitative estimate of drug-likeness (QED) is 0.904. The summed E-state index contributed by atoms with van der Waals surface area (Å²) < 4.78 is 0. The van der Waals surface area contributed by atoms with E-state index in [2.05, 4.69) is 9.88 Å². The number of aromatic nitrogens is 1. The maximum atomic E-state index is 11.5. The van der Waals surface area contributed by atoms with E-state index >= 15 is 0 Å². The summed E-state index contributed by atoms with van der Waals surface area (Å²) >= 11 is 0. The molecule has 1 atom stereocenters. The maximum Gasteiger partial charge on any atom is 0.336 e. The topological polar surface area (TPSA) is 73.7 Å². The van der Waals surface area contributed by atoms with Gasteiger partial charge in [0.1, 0.15) is 5.82 Å². The number of anilines is 1. The Morgan fingerprint density at radius 3 is 2.95 bits per heavy atom. The molecule has 1 aromatic heterocycles. The molecule has 5 nitrogen and oxygen atoms in total. The van der Waals surface area contributed by atoms with Crippen LogP contribution in [0, 0.1) is 5.92 Å². The van der Waals surface area contributed by atoms with Crippen molar-refractivity contribution in [2.45, 2.75) is 12.8 Å². The predicted octanol–water partition coefficient (Wildman–Crippen LogP) is 2.14. The van der Waals surface area contributed by atoms with Crippen LogP contribution < -0.4 is 4.90 Å². The lowest BCUT2D eigenvalue weighted by Crippen LogP contribution is -2.37. The number of hydrogen-bond acceptors (Lipinski definition) is 4. The van der Waals surface area contributed by atoms with Gasteiger partial charge in [0, 0.05) is 25.1 Å². The average Bonchev–Trinajstić information content (AvgIpc) is 2.53. The molecule has 1 fully saturated rings. The lowest BCUT2D eigenvalue weighted by molar-refractivity contribution is 0.0699. The van der Waals surface area contributed by atoms with Crippen LogP contribution in [0.2, 0.25) is 0 Å². The average molecular weight is 286 g/mol. The molecule has 1 aliphatic rings. The number of pyridine rings is 1. The summed E-state index contributed by atoms with van der Waals surface area (Å²) in [5.41, 5.74) is 0.972. The van der Waals surface area contributed by atoms with Gasteiger partial charge in [-0.1, -0.05) is 18.2 Å². The van der Waals surface area contributed by atoms with Crippen molar-refractivity contribution in [3.63, 3.8) is 0 Å². The number of carboxylic acids is 1. The summed E-state index contributed by atoms with van der Waals surface area (Å²) in [5, 5.41) is 19.4. The second-order valence-corrected chi connectivity index (χ2v) is 5.49. The van der Waals surface area contributed by atoms with Gasteiger partial charge in [-0.2, -0.15) is 0 Å². The standard InChI is InChI=1S/C16H18N2O3/c19-10-11-4-3-7-18(9-11)15-8-13(16(20)21)12-5-1-2-6-14(12)17-15/h1-2,5-6,8,11,19H,3-4,7,9-10H2,(H,20,21). The molecule has 2 N–H and O–H groups in total. The van der Waals surface area contributed by atoms with E-state index in [9.17, 15) is 15.0 Å². The van der Waals surface area contributed by atoms with Gasteiger partial charge in [-0.25, -0.2) is 9.78 Å². The van der Waals surface area contributed by atoms with Crippen LogP contribution in [-0.4, -0.2) is 40.9 Å². The zero-order valence-corrected chi connectivity index (χ0v) is 11.7. The molecule has 1 unspecified atom stereocenters. The van der Waals surface area contributed by atoms with Crippen molar-refractivity contribution in [3.05, 3.63) is 35.9 Å². The number of hydrogen-bond donors (Lipinski definition) is 2. The van der Waals surface area contributed by atoms with Crippen LogP contribution in [0.1, 0.15) is 23.2 Å². The lowest BCUT2D eigenvalue weighted by Gasteiger charge is -2.33. The monoisotopic (exact) mass is 286 g/mol. The fourth-order valence-electron chi connectivity index (χ4n) is 2.92. The molecule has 2 heterocycles. The number of rotatable bonds is 3. The van der Waals surface area contributed by atoms with E-state index in [0.29, 0.717) is 16.7 Å². The Morgan fingerprint density at radius 1 is 1.38 bits per heavy atom. The first kappa shape index (κ1) is 13.8. The summed E-state index contributed by atoms with van der Waals surface area (Å²) in [6.07, 6.45) is 1.99. The molecular weight excluding hydrogens is 268 g/mol. The number of carboxylic acid groups (broad SMARTS) is 1. The van der Waals surface area contributed by atoms with Crippen LogP contribution in [0.4, 0.5) is 5.82 Å². The first-order valence-electron chi connectivity index (χ1n) is 7.18. The van der Waals surface area contributed by atoms with Crippen molar-refractivity contribution < 1.29 is 15.0 Å². The highest BCUT2D eigenvalue weighted by molar-refractivity contribution is 6.03. The molecular formula is C16H18N2O3. The van der Waals surface area contributed by atoms with E-state index in [4.69, 9.17) is 0 Å². The first-order valence-corrected chi connectivity index (χ1v) is 7.18. The summed E-state index contributed by atoms with van der Waals surface area (Å²) in [5.74, 6) is -0.0184. The van der Waals surface area contributed by atoms with E-state index in [1.54, 1.807) is 12.1 Å². The summed E-state index contributed by atoms with van der Waals surface area (Å²) in [6, 6.07) is 8.93. The lowest BCUT2D eigenvalue weighted by atomic mass is 9.99. The van der Waals surface area contributed by atoms with Crippen LogP contribution in [0.25, 0.3) is 10.9 Å². The van der Waals surface area contributed by atoms with Crippen LogP contribution in [0.5, 0.6) is 0 Å². The molecule has 0 spiro atoms. The summed E-state index contributed by atoms with van der Waals surface area (Å²) in [4.78, 5) is 18.1. The predicted molar refractivity (Wildman–Crippen MR) is 80.7 cm³/mol. The van der Waals surface area contributed by atoms with E-state index in [1.165, 1.54) is 0 Å². The van der Waals surface area contributed by atoms with Crippen molar-refractivity contribution in [1.82, 2.24) is 4.98 Å². The Labute approximate surface area is 122 Å². The normalized spacial score (nSPS) is 18.9. The first-order chi connectivity index (χ1) is 10.2. The Bertz CT molecular complexity index is 672. The van der Waals surface area contributed by atoms with Crippen molar-refractivity contribution in [3.8, 4) is 0 Å². The Balaban J connectivity index is 2.04. The second-order valence-electron chi connectivity index (χ2n) is 5.49. The summed E-state index contributed by atoms with van der Waals surface area (Å²) in [6.45, 7) is 1.73. The second kappa shape index (κ2) is 5.69. The fourth-order valence-corrected chi connectivity index (χ4v) is 2.92. The van der Waals surface area contributed by atoms with Crippen LogP contribution in [0.15, 0.2) is 30.3 Å². The number of aromatic carboxylic acids is 1. The van der Waals surface area contributed by atoms with Crippen molar-refractivity contribution in [2.75, 3.05) is 24.6 Å². The van der Waals surface area contributed by atoms with Gasteiger partial charge < -0.3 is 15.1 Å². The molecule has 1 aromatic carbocycles. The molecule has 3 rings (SSSR count). The molecule has 1 aliphatic heterocycles. The third-order valence-corrected chi connectivity index (χ3v) is 4.03. The smallest absolute Gasteiger partial charge is 0.336 e. The third-order valence-electron chi connectivity index (χ3n) is 4.03. The van der Waals surface area contributed by atoms with Gasteiger partial charge in [0.05, 0.1) is 11.1 Å². The Kier molecular flexibility index (Phi) is 3.75. The number of fused-ring (bicyclic) bond motifs is 1. The molecule has 110 valence electrons. The molecule has 21 heavy (non-hydrogen) atoms. The number of aliphatic hydroxyl groups excluding tert-OH is 1. The summed E-state index contributed by atoms with van der Waals surface area (Å²) in [7, 11) is 0. The SMILES string of the molecule is O=C(O)c1cc(N2CCCC(CO)C2)nc2ccccc12. The number of benzene rings is 1. The zero-order chi connectivity index (χ0) is 14.8. The van der Waals surface area contributed by atoms with E-state index in [-0.39, 0.29) is 18.1 Å². The highest BCUT2D eigenvalue weighted by Crippen LogP contribution is 2.26. The number of piperidine rings is 1. The van der Waals surface area contributed by atoms with Gasteiger partial charge in [0.15, 0.2) is 0 Å². The Morgan fingerprint density at radius 2 is 2.19 bits per heavy atom. The van der Waals surface area contributed by atoms with Crippen LogP contribution in [0.3, 0.4) is 0 Å². The van der Waals surface area contributed by atoms with Gasteiger partial charge in [0.25, 0.3) is 0 Å². The highest BCUT2D eigenvalue weighted by atomic mass is 16.4. The fraction of sp³-hybridized carbons (Fsp3) is 0.375. The molecule has 5 heteroatoms. The van der Waals surface area contributed by atoms with Gasteiger partial charge >= 0.3 is 5.97 Å². The molecule has 0 bridgehead atoms. The molecule has 1 saturated heterocycles. The minimum atomic E-state index is -0.939. The van der Waals surface area contributed by atoms with Gasteiger partial charge in [-0.3, -0.25) is 0 Å². The van der Waals surface area contributed by atoms with Crippen molar-refractivity contribution in [2.24, 2.45) is 5.92 Å². The van der Waals surface area contributed by atoms with Crippen LogP contribution in [-0.2, 0) is 0 Å². The number of aliphatic hydroxyl groups is 1. The minimum absolute atomic E-state index is 0.163. The number of carbonyl (C=O) groups is 1. The zero-order valence-electron chi connectivity index (χ0n) is 11.7.